The molecule has 0 aliphatic carbocycles. The van der Waals surface area contributed by atoms with E-state index in [1.54, 1.807) is 6.07 Å². The molecule has 0 atom stereocenters. The first-order valence-corrected chi connectivity index (χ1v) is 5.95. The normalized spacial score (nSPS) is 11.7. The number of ether oxygens (including phenoxy) is 1. The molecule has 1 heterocycles. The second kappa shape index (κ2) is 6.60. The second-order valence-electron chi connectivity index (χ2n) is 4.03. The summed E-state index contributed by atoms with van der Waals surface area (Å²) in [5.41, 5.74) is -0.946. The Hall–Kier alpha value is -3.69. The lowest BCUT2D eigenvalue weighted by Crippen LogP contribution is -2.17. The smallest absolute Gasteiger partial charge is 0.406 e. The Balaban J connectivity index is 2.30. The number of benzene rings is 1. The zero-order chi connectivity index (χ0) is 17.7. The molecule has 0 bridgehead atoms. The number of nitro benzene ring substituents is 1. The van der Waals surface area contributed by atoms with Crippen molar-refractivity contribution in [2.45, 2.75) is 6.36 Å². The van der Waals surface area contributed by atoms with Crippen LogP contribution in [0.5, 0.6) is 5.75 Å². The fraction of sp³-hybridized carbons (Fsp3) is 0.0909. The molecule has 0 unspecified atom stereocenters. The van der Waals surface area contributed by atoms with E-state index < -0.39 is 22.7 Å². The summed E-state index contributed by atoms with van der Waals surface area (Å²) < 4.78 is 40.1. The standard InChI is InChI=1S/C11H6F3N7O3/c12-11(13,14)24-7-1-2-8(9(3-7)21(22)23)16-5-6(4-15)10-17-19-20-18-10/h1-3,5,16H,(H,17,18,19,20). The molecule has 0 aliphatic rings. The highest BCUT2D eigenvalue weighted by molar-refractivity contribution is 5.75. The Morgan fingerprint density at radius 1 is 1.50 bits per heavy atom. The minimum Gasteiger partial charge on any atom is -0.406 e. The minimum atomic E-state index is -4.98. The molecule has 0 saturated heterocycles. The summed E-state index contributed by atoms with van der Waals surface area (Å²) in [6.45, 7) is 0. The fourth-order valence-corrected chi connectivity index (χ4v) is 1.55. The fourth-order valence-electron chi connectivity index (χ4n) is 1.55. The SMILES string of the molecule is N#CC(=CNc1ccc(OC(F)(F)F)cc1[N+](=O)[O-])c1nn[nH]n1. The van der Waals surface area contributed by atoms with Gasteiger partial charge in [-0.1, -0.05) is 0 Å². The van der Waals surface area contributed by atoms with Crippen molar-refractivity contribution in [2.75, 3.05) is 5.32 Å². The van der Waals surface area contributed by atoms with Crippen LogP contribution in [0.3, 0.4) is 0 Å². The summed E-state index contributed by atoms with van der Waals surface area (Å²) >= 11 is 0. The van der Waals surface area contributed by atoms with Gasteiger partial charge in [0.1, 0.15) is 23.1 Å². The molecule has 0 aliphatic heterocycles. The average Bonchev–Trinajstić information content (AvgIpc) is 3.01. The van der Waals surface area contributed by atoms with Gasteiger partial charge in [-0.25, -0.2) is 0 Å². The minimum absolute atomic E-state index is 0.0651. The summed E-state index contributed by atoms with van der Waals surface area (Å²) in [7, 11) is 0. The topological polar surface area (TPSA) is 143 Å². The van der Waals surface area contributed by atoms with Gasteiger partial charge in [0.05, 0.1) is 11.0 Å². The molecule has 0 radical (unpaired) electrons. The van der Waals surface area contributed by atoms with E-state index in [1.807, 2.05) is 0 Å². The molecular formula is C11H6F3N7O3. The Kier molecular flexibility index (Phi) is 4.59. The number of aromatic nitrogens is 4. The van der Waals surface area contributed by atoms with Crippen LogP contribution in [0.1, 0.15) is 5.82 Å². The number of halogens is 3. The van der Waals surface area contributed by atoms with Crippen molar-refractivity contribution in [3.05, 3.63) is 40.3 Å². The van der Waals surface area contributed by atoms with Crippen LogP contribution in [0, 0.1) is 21.4 Å². The first-order chi connectivity index (χ1) is 11.3. The molecule has 2 N–H and O–H groups in total. The maximum Gasteiger partial charge on any atom is 0.573 e. The number of nitriles is 1. The lowest BCUT2D eigenvalue weighted by Gasteiger charge is -2.10. The van der Waals surface area contributed by atoms with Crippen LogP contribution >= 0.6 is 0 Å². The highest BCUT2D eigenvalue weighted by Gasteiger charge is 2.32. The number of alkyl halides is 3. The van der Waals surface area contributed by atoms with Crippen LogP contribution in [0.15, 0.2) is 24.4 Å². The van der Waals surface area contributed by atoms with Crippen LogP contribution in [0.4, 0.5) is 24.5 Å². The molecule has 0 fully saturated rings. The number of rotatable bonds is 5. The van der Waals surface area contributed by atoms with E-state index in [0.29, 0.717) is 6.07 Å². The van der Waals surface area contributed by atoms with Crippen molar-refractivity contribution in [1.29, 1.82) is 5.26 Å². The highest BCUT2D eigenvalue weighted by Crippen LogP contribution is 2.32. The van der Waals surface area contributed by atoms with Crippen LogP contribution < -0.4 is 10.1 Å². The maximum atomic E-state index is 12.2. The molecule has 124 valence electrons. The third-order valence-corrected chi connectivity index (χ3v) is 2.48. The van der Waals surface area contributed by atoms with Gasteiger partial charge >= 0.3 is 6.36 Å². The maximum absolute atomic E-state index is 12.2. The third-order valence-electron chi connectivity index (χ3n) is 2.48. The quantitative estimate of drug-likeness (QED) is 0.477. The van der Waals surface area contributed by atoms with Crippen molar-refractivity contribution in [2.24, 2.45) is 0 Å². The van der Waals surface area contributed by atoms with Crippen LogP contribution in [-0.2, 0) is 0 Å². The zero-order valence-electron chi connectivity index (χ0n) is 11.4. The van der Waals surface area contributed by atoms with Gasteiger partial charge in [0, 0.05) is 6.20 Å². The molecule has 1 aromatic heterocycles. The molecule has 2 aromatic rings. The molecule has 1 aromatic carbocycles. The average molecular weight is 341 g/mol. The summed E-state index contributed by atoms with van der Waals surface area (Å²) in [6.07, 6.45) is -3.92. The van der Waals surface area contributed by atoms with Gasteiger partial charge in [-0.2, -0.15) is 10.5 Å². The monoisotopic (exact) mass is 341 g/mol. The van der Waals surface area contributed by atoms with Gasteiger partial charge in [-0.15, -0.1) is 23.4 Å². The van der Waals surface area contributed by atoms with Gasteiger partial charge in [-0.05, 0) is 17.3 Å². The van der Waals surface area contributed by atoms with Gasteiger partial charge in [0.2, 0.25) is 5.82 Å². The number of nitro groups is 1. The summed E-state index contributed by atoms with van der Waals surface area (Å²) in [6, 6.07) is 4.22. The van der Waals surface area contributed by atoms with Crippen molar-refractivity contribution in [1.82, 2.24) is 20.6 Å². The highest BCUT2D eigenvalue weighted by atomic mass is 19.4. The number of tetrazole rings is 1. The van der Waals surface area contributed by atoms with E-state index in [-0.39, 0.29) is 17.1 Å². The summed E-state index contributed by atoms with van der Waals surface area (Å²) in [4.78, 5) is 10.1. The van der Waals surface area contributed by atoms with Crippen molar-refractivity contribution >= 4 is 16.9 Å². The Morgan fingerprint density at radius 3 is 2.79 bits per heavy atom. The lowest BCUT2D eigenvalue weighted by atomic mass is 10.2. The van der Waals surface area contributed by atoms with E-state index >= 15 is 0 Å². The predicted octanol–water partition coefficient (Wildman–Crippen LogP) is 1.98. The van der Waals surface area contributed by atoms with E-state index in [2.05, 4.69) is 30.7 Å². The number of hydrogen-bond donors (Lipinski definition) is 2. The van der Waals surface area contributed by atoms with Crippen LogP contribution in [0.25, 0.3) is 5.57 Å². The number of H-pyrrole nitrogens is 1. The Bertz CT molecular complexity index is 811. The van der Waals surface area contributed by atoms with Gasteiger partial charge < -0.3 is 10.1 Å². The number of hydrogen-bond acceptors (Lipinski definition) is 8. The molecule has 13 heteroatoms. The number of anilines is 1. The van der Waals surface area contributed by atoms with Crippen molar-refractivity contribution in [3.63, 3.8) is 0 Å². The number of nitrogens with one attached hydrogen (secondary N) is 2. The first kappa shape index (κ1) is 16.7. The van der Waals surface area contributed by atoms with Crippen LogP contribution in [-0.4, -0.2) is 31.9 Å². The number of allylic oxidation sites excluding steroid dienone is 1. The molecule has 0 saturated carbocycles. The van der Waals surface area contributed by atoms with E-state index in [4.69, 9.17) is 5.26 Å². The molecule has 0 amide bonds. The molecule has 0 spiro atoms. The van der Waals surface area contributed by atoms with E-state index in [9.17, 15) is 23.3 Å². The zero-order valence-corrected chi connectivity index (χ0v) is 11.4. The molecule has 2 rings (SSSR count). The van der Waals surface area contributed by atoms with E-state index in [1.165, 1.54) is 0 Å². The Labute approximate surface area is 130 Å². The molecule has 24 heavy (non-hydrogen) atoms. The first-order valence-electron chi connectivity index (χ1n) is 5.95. The van der Waals surface area contributed by atoms with Gasteiger partial charge in [0.15, 0.2) is 0 Å². The lowest BCUT2D eigenvalue weighted by molar-refractivity contribution is -0.384. The molecule has 10 nitrogen and oxygen atoms in total. The van der Waals surface area contributed by atoms with Gasteiger partial charge in [-0.3, -0.25) is 10.1 Å². The van der Waals surface area contributed by atoms with Crippen molar-refractivity contribution < 1.29 is 22.8 Å². The van der Waals surface area contributed by atoms with Crippen molar-refractivity contribution in [3.8, 4) is 11.8 Å². The Morgan fingerprint density at radius 2 is 2.25 bits per heavy atom. The largest absolute Gasteiger partial charge is 0.573 e. The van der Waals surface area contributed by atoms with Gasteiger partial charge in [0.25, 0.3) is 5.69 Å². The summed E-state index contributed by atoms with van der Waals surface area (Å²) in [5.74, 6) is -0.813. The number of aromatic amines is 1. The third kappa shape index (κ3) is 4.16. The number of nitrogens with zero attached hydrogens (tertiary/aromatic N) is 5. The summed E-state index contributed by atoms with van der Waals surface area (Å²) in [5, 5.41) is 34.9. The van der Waals surface area contributed by atoms with Crippen LogP contribution in [0.2, 0.25) is 0 Å². The predicted molar refractivity (Wildman–Crippen MR) is 71.2 cm³/mol. The molecular weight excluding hydrogens is 335 g/mol. The second-order valence-corrected chi connectivity index (χ2v) is 4.03. The van der Waals surface area contributed by atoms with E-state index in [0.717, 1.165) is 18.3 Å².